The maximum Gasteiger partial charge on any atom is 0.0391 e. The van der Waals surface area contributed by atoms with Crippen LogP contribution in [0.25, 0.3) is 0 Å². The zero-order valence-corrected chi connectivity index (χ0v) is 11.7. The number of hydrogen-bond donors (Lipinski definition) is 1. The van der Waals surface area contributed by atoms with E-state index in [2.05, 4.69) is 39.9 Å². The van der Waals surface area contributed by atoms with Gasteiger partial charge in [0.05, 0.1) is 0 Å². The summed E-state index contributed by atoms with van der Waals surface area (Å²) in [7, 11) is -0.665. The van der Waals surface area contributed by atoms with Gasteiger partial charge in [0.2, 0.25) is 0 Å². The van der Waals surface area contributed by atoms with Crippen LogP contribution in [0.3, 0.4) is 0 Å². The van der Waals surface area contributed by atoms with E-state index in [1.807, 2.05) is 0 Å². The summed E-state index contributed by atoms with van der Waals surface area (Å²) in [5.74, 6) is 2.80. The SMILES string of the molecule is CCNC(CS(=O)CC(C)CC)C(C)C. The van der Waals surface area contributed by atoms with Gasteiger partial charge in [-0.15, -0.1) is 0 Å². The van der Waals surface area contributed by atoms with Gasteiger partial charge in [-0.05, 0) is 18.4 Å². The smallest absolute Gasteiger partial charge is 0.0391 e. The zero-order valence-electron chi connectivity index (χ0n) is 10.9. The Morgan fingerprint density at radius 2 is 1.73 bits per heavy atom. The van der Waals surface area contributed by atoms with Gasteiger partial charge < -0.3 is 5.32 Å². The summed E-state index contributed by atoms with van der Waals surface area (Å²) < 4.78 is 11.9. The minimum Gasteiger partial charge on any atom is -0.313 e. The Kier molecular flexibility index (Phi) is 8.34. The lowest BCUT2D eigenvalue weighted by molar-refractivity contribution is 0.439. The molecule has 3 unspecified atom stereocenters. The average molecular weight is 233 g/mol. The fourth-order valence-corrected chi connectivity index (χ4v) is 3.36. The van der Waals surface area contributed by atoms with E-state index in [1.54, 1.807) is 0 Å². The maximum atomic E-state index is 11.9. The molecule has 92 valence electrons. The topological polar surface area (TPSA) is 29.1 Å². The average Bonchev–Trinajstić information content (AvgIpc) is 2.16. The third kappa shape index (κ3) is 7.07. The molecule has 2 nitrogen and oxygen atoms in total. The van der Waals surface area contributed by atoms with Crippen molar-refractivity contribution in [3.63, 3.8) is 0 Å². The van der Waals surface area contributed by atoms with E-state index in [-0.39, 0.29) is 0 Å². The third-order valence-corrected chi connectivity index (χ3v) is 4.48. The molecule has 0 rings (SSSR count). The quantitative estimate of drug-likeness (QED) is 0.697. The lowest BCUT2D eigenvalue weighted by Gasteiger charge is -2.21. The lowest BCUT2D eigenvalue weighted by atomic mass is 10.1. The first-order valence-electron chi connectivity index (χ1n) is 6.09. The minimum atomic E-state index is -0.665. The van der Waals surface area contributed by atoms with Crippen LogP contribution in [-0.4, -0.2) is 28.3 Å². The van der Waals surface area contributed by atoms with Gasteiger partial charge >= 0.3 is 0 Å². The predicted molar refractivity (Wildman–Crippen MR) is 69.6 cm³/mol. The third-order valence-electron chi connectivity index (χ3n) is 2.80. The number of rotatable bonds is 8. The van der Waals surface area contributed by atoms with E-state index < -0.39 is 10.8 Å². The highest BCUT2D eigenvalue weighted by Gasteiger charge is 2.16. The molecule has 0 saturated heterocycles. The molecule has 0 aliphatic rings. The van der Waals surface area contributed by atoms with E-state index in [0.717, 1.165) is 24.5 Å². The van der Waals surface area contributed by atoms with Gasteiger partial charge in [-0.25, -0.2) is 0 Å². The first-order chi connectivity index (χ1) is 7.01. The molecular weight excluding hydrogens is 206 g/mol. The highest BCUT2D eigenvalue weighted by atomic mass is 32.2. The summed E-state index contributed by atoms with van der Waals surface area (Å²) in [4.78, 5) is 0. The molecule has 3 atom stereocenters. The Hall–Kier alpha value is 0.110. The molecule has 0 aliphatic carbocycles. The first kappa shape index (κ1) is 15.1. The molecule has 0 fully saturated rings. The Morgan fingerprint density at radius 1 is 1.13 bits per heavy atom. The first-order valence-corrected chi connectivity index (χ1v) is 7.58. The van der Waals surface area contributed by atoms with Gasteiger partial charge in [-0.3, -0.25) is 4.21 Å². The Morgan fingerprint density at radius 3 is 2.13 bits per heavy atom. The van der Waals surface area contributed by atoms with E-state index >= 15 is 0 Å². The van der Waals surface area contributed by atoms with Crippen LogP contribution in [-0.2, 0) is 10.8 Å². The molecule has 0 aromatic rings. The van der Waals surface area contributed by atoms with Crippen molar-refractivity contribution in [2.75, 3.05) is 18.1 Å². The van der Waals surface area contributed by atoms with Gasteiger partial charge in [-0.2, -0.15) is 0 Å². The molecule has 0 bridgehead atoms. The zero-order chi connectivity index (χ0) is 11.8. The van der Waals surface area contributed by atoms with Gasteiger partial charge in [0.1, 0.15) is 0 Å². The molecule has 0 radical (unpaired) electrons. The van der Waals surface area contributed by atoms with Crippen LogP contribution < -0.4 is 5.32 Å². The van der Waals surface area contributed by atoms with Crippen LogP contribution in [0.2, 0.25) is 0 Å². The van der Waals surface area contributed by atoms with E-state index in [0.29, 0.717) is 17.9 Å². The predicted octanol–water partition coefficient (Wildman–Crippen LogP) is 2.42. The van der Waals surface area contributed by atoms with Crippen molar-refractivity contribution < 1.29 is 4.21 Å². The maximum absolute atomic E-state index is 11.9. The summed E-state index contributed by atoms with van der Waals surface area (Å²) in [6, 6.07) is 0.403. The molecule has 0 heterocycles. The molecule has 0 saturated carbocycles. The summed E-state index contributed by atoms with van der Waals surface area (Å²) >= 11 is 0. The fraction of sp³-hybridized carbons (Fsp3) is 1.00. The molecule has 0 aromatic heterocycles. The van der Waals surface area contributed by atoms with Crippen LogP contribution >= 0.6 is 0 Å². The molecule has 1 N–H and O–H groups in total. The van der Waals surface area contributed by atoms with Gasteiger partial charge in [-0.1, -0.05) is 41.0 Å². The Bertz CT molecular complexity index is 182. The van der Waals surface area contributed by atoms with Crippen molar-refractivity contribution in [3.8, 4) is 0 Å². The van der Waals surface area contributed by atoms with Crippen molar-refractivity contribution >= 4 is 10.8 Å². The van der Waals surface area contributed by atoms with Crippen molar-refractivity contribution in [1.29, 1.82) is 0 Å². The van der Waals surface area contributed by atoms with Crippen molar-refractivity contribution in [2.24, 2.45) is 11.8 Å². The molecule has 0 amide bonds. The number of nitrogens with one attached hydrogen (secondary N) is 1. The molecule has 15 heavy (non-hydrogen) atoms. The van der Waals surface area contributed by atoms with E-state index in [1.165, 1.54) is 0 Å². The summed E-state index contributed by atoms with van der Waals surface area (Å²) in [5.41, 5.74) is 0. The Balaban J connectivity index is 3.99. The lowest BCUT2D eigenvalue weighted by Crippen LogP contribution is -2.39. The summed E-state index contributed by atoms with van der Waals surface area (Å²) in [5, 5.41) is 3.41. The second-order valence-electron chi connectivity index (χ2n) is 4.69. The molecular formula is C12H27NOS. The van der Waals surface area contributed by atoms with Crippen molar-refractivity contribution in [2.45, 2.75) is 47.1 Å². The van der Waals surface area contributed by atoms with Crippen LogP contribution in [0.15, 0.2) is 0 Å². The highest BCUT2D eigenvalue weighted by Crippen LogP contribution is 2.08. The van der Waals surface area contributed by atoms with E-state index in [4.69, 9.17) is 0 Å². The molecule has 0 spiro atoms. The normalized spacial score (nSPS) is 17.7. The van der Waals surface area contributed by atoms with Crippen LogP contribution in [0.4, 0.5) is 0 Å². The van der Waals surface area contributed by atoms with Gasteiger partial charge in [0.15, 0.2) is 0 Å². The summed E-state index contributed by atoms with van der Waals surface area (Å²) in [6.07, 6.45) is 1.12. The van der Waals surface area contributed by atoms with Crippen LogP contribution in [0.5, 0.6) is 0 Å². The standard InChI is InChI=1S/C12H27NOS/c1-6-11(5)8-15(14)9-12(10(3)4)13-7-2/h10-13H,6-9H2,1-5H3. The second-order valence-corrected chi connectivity index (χ2v) is 6.24. The summed E-state index contributed by atoms with van der Waals surface area (Å²) in [6.45, 7) is 11.8. The Labute approximate surface area is 97.7 Å². The van der Waals surface area contributed by atoms with Crippen molar-refractivity contribution in [3.05, 3.63) is 0 Å². The molecule has 0 aliphatic heterocycles. The second kappa shape index (κ2) is 8.28. The van der Waals surface area contributed by atoms with Crippen LogP contribution in [0.1, 0.15) is 41.0 Å². The van der Waals surface area contributed by atoms with Crippen molar-refractivity contribution in [1.82, 2.24) is 5.32 Å². The number of hydrogen-bond acceptors (Lipinski definition) is 2. The van der Waals surface area contributed by atoms with Gasteiger partial charge in [0.25, 0.3) is 0 Å². The van der Waals surface area contributed by atoms with E-state index in [9.17, 15) is 4.21 Å². The molecule has 3 heteroatoms. The highest BCUT2D eigenvalue weighted by molar-refractivity contribution is 7.85. The van der Waals surface area contributed by atoms with Crippen LogP contribution in [0, 0.1) is 11.8 Å². The van der Waals surface area contributed by atoms with Gasteiger partial charge in [0, 0.05) is 28.3 Å². The molecule has 0 aromatic carbocycles. The minimum absolute atomic E-state index is 0.403. The largest absolute Gasteiger partial charge is 0.313 e. The monoisotopic (exact) mass is 233 g/mol. The fourth-order valence-electron chi connectivity index (χ4n) is 1.45.